The fourth-order valence-electron chi connectivity index (χ4n) is 4.02. The summed E-state index contributed by atoms with van der Waals surface area (Å²) in [5.74, 6) is 2.69. The molecular weight excluding hydrogens is 417 g/mol. The van der Waals surface area contributed by atoms with Crippen LogP contribution in [0.3, 0.4) is 0 Å². The van der Waals surface area contributed by atoms with Crippen molar-refractivity contribution in [2.24, 2.45) is 0 Å². The van der Waals surface area contributed by atoms with Crippen LogP contribution in [0.2, 0.25) is 0 Å². The molecule has 2 N–H and O–H groups in total. The summed E-state index contributed by atoms with van der Waals surface area (Å²) in [5, 5.41) is 18.3. The van der Waals surface area contributed by atoms with E-state index in [1.165, 1.54) is 5.56 Å². The van der Waals surface area contributed by atoms with Crippen LogP contribution >= 0.6 is 0 Å². The molecule has 0 amide bonds. The number of aromatic nitrogens is 3. The predicted molar refractivity (Wildman–Crippen MR) is 130 cm³/mol. The van der Waals surface area contributed by atoms with Gasteiger partial charge in [0.15, 0.2) is 17.1 Å². The number of hydrogen-bond acceptors (Lipinski definition) is 7. The molecule has 0 spiro atoms. The molecule has 0 fully saturated rings. The Balaban J connectivity index is 1.23. The Labute approximate surface area is 193 Å². The molecule has 0 atom stereocenters. The zero-order valence-corrected chi connectivity index (χ0v) is 18.8. The molecule has 8 nitrogen and oxygen atoms in total. The SMILES string of the molecule is Bc1cnn2c(NCCCN(C)Cc3ccc4c(c3)OCO4)cc(-c3ccccc3O)nc12. The third-order valence-electron chi connectivity index (χ3n) is 5.74. The normalized spacial score (nSPS) is 12.5. The Hall–Kier alpha value is -3.72. The fraction of sp³-hybridized carbons (Fsp3) is 0.250. The summed E-state index contributed by atoms with van der Waals surface area (Å²) in [5.41, 5.74) is 4.38. The molecule has 2 aromatic heterocycles. The number of phenolic OH excluding ortho intramolecular Hbond substituents is 1. The molecule has 1 aliphatic rings. The zero-order valence-electron chi connectivity index (χ0n) is 18.8. The largest absolute Gasteiger partial charge is 0.507 e. The van der Waals surface area contributed by atoms with Crippen LogP contribution in [-0.4, -0.2) is 59.4 Å². The first kappa shape index (κ1) is 21.1. The molecule has 0 saturated heterocycles. The molecule has 33 heavy (non-hydrogen) atoms. The molecule has 0 bridgehead atoms. The van der Waals surface area contributed by atoms with Gasteiger partial charge in [0.2, 0.25) is 6.79 Å². The molecular formula is C24H26BN5O3. The van der Waals surface area contributed by atoms with Crippen molar-refractivity contribution in [3.8, 4) is 28.5 Å². The van der Waals surface area contributed by atoms with Crippen LogP contribution in [0.15, 0.2) is 54.7 Å². The Bertz CT molecular complexity index is 1290. The van der Waals surface area contributed by atoms with E-state index in [0.29, 0.717) is 18.1 Å². The minimum absolute atomic E-state index is 0.211. The molecule has 0 saturated carbocycles. The molecule has 5 rings (SSSR count). The number of nitrogens with zero attached hydrogens (tertiary/aromatic N) is 4. The van der Waals surface area contributed by atoms with Crippen molar-refractivity contribution >= 4 is 24.8 Å². The number of ether oxygens (including phenoxy) is 2. The summed E-state index contributed by atoms with van der Waals surface area (Å²) in [6.07, 6.45) is 2.76. The van der Waals surface area contributed by atoms with Crippen LogP contribution < -0.4 is 20.3 Å². The first-order chi connectivity index (χ1) is 16.1. The lowest BCUT2D eigenvalue weighted by Gasteiger charge is -2.17. The maximum absolute atomic E-state index is 10.3. The summed E-state index contributed by atoms with van der Waals surface area (Å²) < 4.78 is 12.7. The molecule has 9 heteroatoms. The van der Waals surface area contributed by atoms with Gasteiger partial charge >= 0.3 is 0 Å². The van der Waals surface area contributed by atoms with Gasteiger partial charge in [-0.3, -0.25) is 0 Å². The van der Waals surface area contributed by atoms with Crippen molar-refractivity contribution < 1.29 is 14.6 Å². The van der Waals surface area contributed by atoms with Gasteiger partial charge in [0, 0.05) is 30.9 Å². The van der Waals surface area contributed by atoms with E-state index in [2.05, 4.69) is 28.4 Å². The van der Waals surface area contributed by atoms with E-state index >= 15 is 0 Å². The minimum atomic E-state index is 0.211. The number of hydrogen-bond donors (Lipinski definition) is 2. The smallest absolute Gasteiger partial charge is 0.231 e. The van der Waals surface area contributed by atoms with Crippen molar-refractivity contribution in [2.45, 2.75) is 13.0 Å². The standard InChI is InChI=1S/C24H26BN5O3/c1-29(14-16-7-8-21-22(11-16)33-15-32-21)10-4-9-26-23-12-19(17-5-2-3-6-20(17)31)28-24-18(25)13-27-30(23)24/h2-3,5-8,11-13,26,31H,4,9-10,14-15,25H2,1H3. The van der Waals surface area contributed by atoms with Gasteiger partial charge in [0.25, 0.3) is 0 Å². The summed E-state index contributed by atoms with van der Waals surface area (Å²) in [6, 6.07) is 15.3. The topological polar surface area (TPSA) is 84.2 Å². The van der Waals surface area contributed by atoms with E-state index in [9.17, 15) is 5.11 Å². The highest BCUT2D eigenvalue weighted by Gasteiger charge is 2.15. The van der Waals surface area contributed by atoms with Gasteiger partial charge in [-0.25, -0.2) is 4.98 Å². The molecule has 0 aliphatic carbocycles. The molecule has 1 aliphatic heterocycles. The van der Waals surface area contributed by atoms with Gasteiger partial charge in [-0.2, -0.15) is 9.61 Å². The summed E-state index contributed by atoms with van der Waals surface area (Å²) >= 11 is 0. The number of benzene rings is 2. The average Bonchev–Trinajstić information content (AvgIpc) is 3.43. The maximum atomic E-state index is 10.3. The van der Waals surface area contributed by atoms with E-state index in [1.54, 1.807) is 18.3 Å². The number of phenols is 1. The number of anilines is 1. The lowest BCUT2D eigenvalue weighted by Crippen LogP contribution is -2.21. The molecule has 168 valence electrons. The molecule has 3 heterocycles. The van der Waals surface area contributed by atoms with E-state index in [4.69, 9.17) is 14.5 Å². The van der Waals surface area contributed by atoms with Crippen LogP contribution in [0.1, 0.15) is 12.0 Å². The summed E-state index contributed by atoms with van der Waals surface area (Å²) in [7, 11) is 4.10. The van der Waals surface area contributed by atoms with Crippen LogP contribution in [0.4, 0.5) is 5.82 Å². The number of nitrogens with one attached hydrogen (secondary N) is 1. The third-order valence-corrected chi connectivity index (χ3v) is 5.74. The van der Waals surface area contributed by atoms with Crippen molar-refractivity contribution in [1.82, 2.24) is 19.5 Å². The predicted octanol–water partition coefficient (Wildman–Crippen LogP) is 2.02. The quantitative estimate of drug-likeness (QED) is 0.319. The fourth-order valence-corrected chi connectivity index (χ4v) is 4.02. The maximum Gasteiger partial charge on any atom is 0.231 e. The van der Waals surface area contributed by atoms with Crippen molar-refractivity contribution in [3.05, 3.63) is 60.3 Å². The Morgan fingerprint density at radius 1 is 1.15 bits per heavy atom. The van der Waals surface area contributed by atoms with Crippen LogP contribution in [0.25, 0.3) is 16.9 Å². The second kappa shape index (κ2) is 9.03. The van der Waals surface area contributed by atoms with E-state index in [-0.39, 0.29) is 5.75 Å². The van der Waals surface area contributed by atoms with Gasteiger partial charge in [-0.15, -0.1) is 0 Å². The first-order valence-corrected chi connectivity index (χ1v) is 11.0. The summed E-state index contributed by atoms with van der Waals surface area (Å²) in [4.78, 5) is 7.01. The van der Waals surface area contributed by atoms with E-state index in [0.717, 1.165) is 54.5 Å². The third kappa shape index (κ3) is 4.45. The van der Waals surface area contributed by atoms with Gasteiger partial charge < -0.3 is 24.8 Å². The Kier molecular flexibility index (Phi) is 5.79. The van der Waals surface area contributed by atoms with Gasteiger partial charge in [0.1, 0.15) is 19.4 Å². The zero-order chi connectivity index (χ0) is 22.8. The lowest BCUT2D eigenvalue weighted by atomic mass is 10.0. The number of aromatic hydroxyl groups is 1. The van der Waals surface area contributed by atoms with Crippen LogP contribution in [0, 0.1) is 0 Å². The highest BCUT2D eigenvalue weighted by atomic mass is 16.7. The minimum Gasteiger partial charge on any atom is -0.507 e. The van der Waals surface area contributed by atoms with Gasteiger partial charge in [-0.05, 0) is 55.3 Å². The van der Waals surface area contributed by atoms with Crippen LogP contribution in [-0.2, 0) is 6.54 Å². The summed E-state index contributed by atoms with van der Waals surface area (Å²) in [6.45, 7) is 2.85. The number of para-hydroxylation sites is 1. The van der Waals surface area contributed by atoms with E-state index < -0.39 is 0 Å². The highest BCUT2D eigenvalue weighted by molar-refractivity contribution is 6.36. The second-order valence-electron chi connectivity index (χ2n) is 8.31. The first-order valence-electron chi connectivity index (χ1n) is 11.0. The number of fused-ring (bicyclic) bond motifs is 2. The Morgan fingerprint density at radius 3 is 2.88 bits per heavy atom. The van der Waals surface area contributed by atoms with Crippen molar-refractivity contribution in [2.75, 3.05) is 32.2 Å². The van der Waals surface area contributed by atoms with Gasteiger partial charge in [-0.1, -0.05) is 18.2 Å². The monoisotopic (exact) mass is 443 g/mol. The molecule has 4 aromatic rings. The second-order valence-corrected chi connectivity index (χ2v) is 8.31. The molecule has 0 unspecified atom stereocenters. The van der Waals surface area contributed by atoms with Crippen molar-refractivity contribution in [3.63, 3.8) is 0 Å². The lowest BCUT2D eigenvalue weighted by molar-refractivity contribution is 0.174. The van der Waals surface area contributed by atoms with Crippen LogP contribution in [0.5, 0.6) is 17.2 Å². The molecule has 2 aromatic carbocycles. The van der Waals surface area contributed by atoms with Crippen molar-refractivity contribution in [1.29, 1.82) is 0 Å². The average molecular weight is 443 g/mol. The van der Waals surface area contributed by atoms with E-state index in [1.807, 2.05) is 42.7 Å². The number of rotatable bonds is 8. The van der Waals surface area contributed by atoms with Gasteiger partial charge in [0.05, 0.1) is 5.69 Å². The highest BCUT2D eigenvalue weighted by Crippen LogP contribution is 2.33. The molecule has 0 radical (unpaired) electrons. The Morgan fingerprint density at radius 2 is 2.00 bits per heavy atom.